The van der Waals surface area contributed by atoms with Crippen molar-refractivity contribution < 1.29 is 37.3 Å². The minimum Gasteiger partial charge on any atom is -0.756 e. The summed E-state index contributed by atoms with van der Waals surface area (Å²) in [5.74, 6) is -0.553. The Balaban J connectivity index is 5.13. The van der Waals surface area contributed by atoms with E-state index >= 15 is 0 Å². The number of amides is 1. The maximum Gasteiger partial charge on any atom is 0.306 e. The Kier molecular flexibility index (Phi) is 58.2. The molecule has 0 aromatic rings. The Morgan fingerprint density at radius 3 is 1.15 bits per heavy atom. The molecule has 0 aliphatic rings. The zero-order valence-electron chi connectivity index (χ0n) is 53.7. The minimum absolute atomic E-state index is 0.0274. The van der Waals surface area contributed by atoms with Gasteiger partial charge in [-0.1, -0.05) is 267 Å². The molecule has 1 amide bonds. The van der Waals surface area contributed by atoms with E-state index in [0.29, 0.717) is 17.4 Å². The van der Waals surface area contributed by atoms with Crippen LogP contribution in [0.1, 0.15) is 303 Å². The number of carbonyl (C=O) groups is 2. The molecule has 10 heteroatoms. The molecule has 81 heavy (non-hydrogen) atoms. The molecule has 0 fully saturated rings. The summed E-state index contributed by atoms with van der Waals surface area (Å²) in [4.78, 5) is 40.1. The number of esters is 1. The lowest BCUT2D eigenvalue weighted by Crippen LogP contribution is -2.47. The molecule has 1 N–H and O–H groups in total. The number of phosphoric acid groups is 1. The predicted octanol–water partition coefficient (Wildman–Crippen LogP) is 20.7. The first-order valence-electron chi connectivity index (χ1n) is 33.9. The lowest BCUT2D eigenvalue weighted by Gasteiger charge is -2.30. The van der Waals surface area contributed by atoms with Crippen LogP contribution < -0.4 is 10.2 Å². The summed E-state index contributed by atoms with van der Waals surface area (Å²) in [5, 5.41) is 3.03. The highest BCUT2D eigenvalue weighted by molar-refractivity contribution is 7.45. The quantitative estimate of drug-likeness (QED) is 0.0212. The van der Waals surface area contributed by atoms with E-state index in [1.54, 1.807) is 0 Å². The van der Waals surface area contributed by atoms with Crippen molar-refractivity contribution in [1.29, 1.82) is 0 Å². The van der Waals surface area contributed by atoms with Gasteiger partial charge in [-0.15, -0.1) is 0 Å². The van der Waals surface area contributed by atoms with Gasteiger partial charge in [0.15, 0.2) is 0 Å². The highest BCUT2D eigenvalue weighted by atomic mass is 31.2. The normalized spacial score (nSPS) is 14.1. The standard InChI is InChI=1S/C71H129N2O7P/c1-7-10-13-16-19-22-25-27-29-31-33-35-36-38-40-42-44-46-49-52-55-58-61-64-71(75)80-69(62-59-56-53-50-47-24-21-18-15-12-9-3)68(67-79-81(76,77)78-66-65-73(4,5)6)72-70(74)63-60-57-54-51-48-45-43-41-39-37-34-32-30-28-26-23-20-17-14-11-8-2/h19-20,22-23,27-30,33,35,38,40,59,62,68-69H,7-18,21,24-26,31-32,34,36-37,39,41-58,60-61,63-67H2,1-6H3,(H-,72,74,76,77)/b22-19-,23-20-,29-27-,30-28-,35-33-,40-38-,62-59+. The maximum atomic E-state index is 13.6. The minimum atomic E-state index is -4.71. The Morgan fingerprint density at radius 2 is 0.753 bits per heavy atom. The van der Waals surface area contributed by atoms with Gasteiger partial charge >= 0.3 is 5.97 Å². The second kappa shape index (κ2) is 60.3. The largest absolute Gasteiger partial charge is 0.756 e. The van der Waals surface area contributed by atoms with Gasteiger partial charge in [-0.2, -0.15) is 0 Å². The fourth-order valence-corrected chi connectivity index (χ4v) is 10.3. The Labute approximate surface area is 501 Å². The monoisotopic (exact) mass is 1150 g/mol. The Bertz CT molecular complexity index is 1660. The molecule has 470 valence electrons. The number of ether oxygens (including phenoxy) is 1. The Hall–Kier alpha value is -2.81. The van der Waals surface area contributed by atoms with Crippen molar-refractivity contribution in [2.24, 2.45) is 0 Å². The van der Waals surface area contributed by atoms with Crippen molar-refractivity contribution in [1.82, 2.24) is 5.32 Å². The molecular weight excluding hydrogens is 1020 g/mol. The zero-order valence-corrected chi connectivity index (χ0v) is 54.6. The van der Waals surface area contributed by atoms with Crippen LogP contribution >= 0.6 is 7.82 Å². The molecular formula is C71H129N2O7P. The van der Waals surface area contributed by atoms with Crippen LogP contribution in [0.5, 0.6) is 0 Å². The van der Waals surface area contributed by atoms with Gasteiger partial charge in [0.05, 0.1) is 33.8 Å². The first-order chi connectivity index (χ1) is 39.4. The second-order valence-corrected chi connectivity index (χ2v) is 25.4. The molecule has 0 spiro atoms. The summed E-state index contributed by atoms with van der Waals surface area (Å²) in [6.45, 7) is 6.79. The first kappa shape index (κ1) is 78.2. The number of quaternary nitrogens is 1. The fraction of sp³-hybridized carbons (Fsp3) is 0.775. The molecule has 0 saturated heterocycles. The number of hydrogen-bond acceptors (Lipinski definition) is 7. The number of rotatable bonds is 61. The van der Waals surface area contributed by atoms with E-state index in [1.165, 1.54) is 167 Å². The number of nitrogens with zero attached hydrogens (tertiary/aromatic N) is 1. The molecule has 3 unspecified atom stereocenters. The Morgan fingerprint density at radius 1 is 0.432 bits per heavy atom. The van der Waals surface area contributed by atoms with E-state index in [4.69, 9.17) is 13.8 Å². The lowest BCUT2D eigenvalue weighted by atomic mass is 10.0. The third-order valence-corrected chi connectivity index (χ3v) is 15.8. The van der Waals surface area contributed by atoms with E-state index in [0.717, 1.165) is 103 Å². The van der Waals surface area contributed by atoms with Crippen LogP contribution in [0.2, 0.25) is 0 Å². The number of hydrogen-bond donors (Lipinski definition) is 1. The van der Waals surface area contributed by atoms with Crippen LogP contribution in [0.3, 0.4) is 0 Å². The topological polar surface area (TPSA) is 114 Å². The number of phosphoric ester groups is 1. The summed E-state index contributed by atoms with van der Waals surface area (Å²) in [6.07, 6.45) is 79.8. The number of likely N-dealkylation sites (N-methyl/N-ethyl adjacent to an activating group) is 1. The SMILES string of the molecule is CCCCC/C=C\C/C=C\C/C=C\C/C=C\CCCCCCCCCC(=O)OC(/C=C/CCCCCCCCCCC)C(COP(=O)([O-])OCC[N+](C)(C)C)NC(=O)CCCCCCCCCCCCC/C=C\C/C=C\CCCCC. The van der Waals surface area contributed by atoms with Crippen LogP contribution in [0.25, 0.3) is 0 Å². The summed E-state index contributed by atoms with van der Waals surface area (Å²) >= 11 is 0. The molecule has 3 atom stereocenters. The lowest BCUT2D eigenvalue weighted by molar-refractivity contribution is -0.870. The van der Waals surface area contributed by atoms with Crippen molar-refractivity contribution in [2.45, 2.75) is 315 Å². The van der Waals surface area contributed by atoms with Gasteiger partial charge in [-0.05, 0) is 109 Å². The van der Waals surface area contributed by atoms with E-state index in [-0.39, 0.29) is 24.9 Å². The molecule has 0 aromatic carbocycles. The van der Waals surface area contributed by atoms with Crippen LogP contribution in [0.15, 0.2) is 85.1 Å². The van der Waals surface area contributed by atoms with Crippen molar-refractivity contribution in [2.75, 3.05) is 40.9 Å². The summed E-state index contributed by atoms with van der Waals surface area (Å²) < 4.78 is 30.4. The number of unbranched alkanes of at least 4 members (excludes halogenated alkanes) is 33. The molecule has 0 saturated carbocycles. The van der Waals surface area contributed by atoms with Crippen molar-refractivity contribution in [3.63, 3.8) is 0 Å². The van der Waals surface area contributed by atoms with Crippen LogP contribution in [-0.4, -0.2) is 69.4 Å². The van der Waals surface area contributed by atoms with Gasteiger partial charge in [0.2, 0.25) is 5.91 Å². The average Bonchev–Trinajstić information content (AvgIpc) is 3.44. The number of nitrogens with one attached hydrogen (secondary N) is 1. The van der Waals surface area contributed by atoms with Gasteiger partial charge in [0.25, 0.3) is 7.82 Å². The molecule has 0 aromatic heterocycles. The van der Waals surface area contributed by atoms with Crippen LogP contribution in [-0.2, 0) is 27.9 Å². The summed E-state index contributed by atoms with van der Waals surface area (Å²) in [6, 6.07) is -0.898. The van der Waals surface area contributed by atoms with E-state index in [2.05, 4.69) is 99.0 Å². The molecule has 0 aliphatic carbocycles. The third-order valence-electron chi connectivity index (χ3n) is 14.8. The van der Waals surface area contributed by atoms with E-state index in [9.17, 15) is 19.0 Å². The van der Waals surface area contributed by atoms with Crippen LogP contribution in [0, 0.1) is 0 Å². The fourth-order valence-electron chi connectivity index (χ4n) is 9.54. The average molecular weight is 1150 g/mol. The van der Waals surface area contributed by atoms with Crippen molar-refractivity contribution in [3.05, 3.63) is 85.1 Å². The van der Waals surface area contributed by atoms with Gasteiger partial charge in [-0.3, -0.25) is 14.2 Å². The number of allylic oxidation sites excluding steroid dienone is 13. The van der Waals surface area contributed by atoms with Crippen molar-refractivity contribution >= 4 is 19.7 Å². The van der Waals surface area contributed by atoms with Gasteiger partial charge < -0.3 is 28.5 Å². The molecule has 0 bridgehead atoms. The van der Waals surface area contributed by atoms with E-state index in [1.807, 2.05) is 33.3 Å². The third kappa shape index (κ3) is 61.6. The maximum absolute atomic E-state index is 13.6. The smallest absolute Gasteiger partial charge is 0.306 e. The first-order valence-corrected chi connectivity index (χ1v) is 35.4. The molecule has 0 aliphatic heterocycles. The highest BCUT2D eigenvalue weighted by Gasteiger charge is 2.27. The number of carbonyl (C=O) groups excluding carboxylic acids is 2. The van der Waals surface area contributed by atoms with E-state index < -0.39 is 26.6 Å². The van der Waals surface area contributed by atoms with Gasteiger partial charge in [-0.25, -0.2) is 0 Å². The van der Waals surface area contributed by atoms with Crippen molar-refractivity contribution in [3.8, 4) is 0 Å². The van der Waals surface area contributed by atoms with Crippen LogP contribution in [0.4, 0.5) is 0 Å². The molecule has 0 heterocycles. The molecule has 0 rings (SSSR count). The predicted molar refractivity (Wildman–Crippen MR) is 348 cm³/mol. The summed E-state index contributed by atoms with van der Waals surface area (Å²) in [5.41, 5.74) is 0. The zero-order chi connectivity index (χ0) is 59.3. The highest BCUT2D eigenvalue weighted by Crippen LogP contribution is 2.38. The summed E-state index contributed by atoms with van der Waals surface area (Å²) in [7, 11) is 1.17. The van der Waals surface area contributed by atoms with Gasteiger partial charge in [0.1, 0.15) is 19.3 Å². The second-order valence-electron chi connectivity index (χ2n) is 24.0. The molecule has 0 radical (unpaired) electrons. The molecule has 9 nitrogen and oxygen atoms in total. The van der Waals surface area contributed by atoms with Gasteiger partial charge in [0, 0.05) is 12.8 Å².